The van der Waals surface area contributed by atoms with Crippen LogP contribution in [0.5, 0.6) is 0 Å². The number of sulfonamides is 1. The minimum atomic E-state index is -3.80. The number of carboxylic acids is 1. The molecule has 2 rings (SSSR count). The van der Waals surface area contributed by atoms with Crippen LogP contribution in [0.4, 0.5) is 0 Å². The third-order valence-corrected chi connectivity index (χ3v) is 5.11. The fourth-order valence-corrected chi connectivity index (χ4v) is 3.66. The van der Waals surface area contributed by atoms with Gasteiger partial charge in [-0.05, 0) is 40.2 Å². The summed E-state index contributed by atoms with van der Waals surface area (Å²) in [7, 11) is -3.80. The molecule has 0 spiro atoms. The van der Waals surface area contributed by atoms with Gasteiger partial charge in [-0.25, -0.2) is 17.9 Å². The highest BCUT2D eigenvalue weighted by Gasteiger charge is 2.19. The van der Waals surface area contributed by atoms with Gasteiger partial charge >= 0.3 is 5.97 Å². The van der Waals surface area contributed by atoms with E-state index in [1.54, 1.807) is 23.1 Å². The fraction of sp³-hybridized carbons (Fsp3) is 0.167. The van der Waals surface area contributed by atoms with Crippen molar-refractivity contribution in [2.75, 3.05) is 6.54 Å². The molecule has 1 heterocycles. The summed E-state index contributed by atoms with van der Waals surface area (Å²) in [5, 5.41) is 12.9. The molecule has 0 saturated carbocycles. The van der Waals surface area contributed by atoms with E-state index >= 15 is 0 Å². The number of carboxylic acid groups (broad SMARTS) is 1. The van der Waals surface area contributed by atoms with Gasteiger partial charge in [0.15, 0.2) is 0 Å². The summed E-state index contributed by atoms with van der Waals surface area (Å²) in [4.78, 5) is 10.8. The predicted octanol–water partition coefficient (Wildman–Crippen LogP) is 1.32. The molecular formula is C12H12BrN3O4S. The molecule has 2 N–H and O–H groups in total. The van der Waals surface area contributed by atoms with Crippen molar-refractivity contribution < 1.29 is 18.3 Å². The van der Waals surface area contributed by atoms with Crippen molar-refractivity contribution in [1.29, 1.82) is 0 Å². The van der Waals surface area contributed by atoms with E-state index in [1.165, 1.54) is 12.1 Å². The standard InChI is InChI=1S/C12H12BrN3O4S/c13-10-3-2-9(12(17)18)8-11(10)21(19,20)15-5-7-16-6-1-4-14-16/h1-4,6,8,15H,5,7H2,(H,17,18). The Labute approximate surface area is 129 Å². The maximum atomic E-state index is 12.2. The molecule has 0 unspecified atom stereocenters. The monoisotopic (exact) mass is 373 g/mol. The Bertz CT molecular complexity index is 744. The number of benzene rings is 1. The Kier molecular flexibility index (Phi) is 4.76. The number of nitrogens with one attached hydrogen (secondary N) is 1. The average molecular weight is 374 g/mol. The molecule has 112 valence electrons. The summed E-state index contributed by atoms with van der Waals surface area (Å²) in [5.41, 5.74) is -0.0920. The van der Waals surface area contributed by atoms with Crippen LogP contribution in [-0.4, -0.2) is 35.8 Å². The van der Waals surface area contributed by atoms with E-state index < -0.39 is 16.0 Å². The molecule has 0 aliphatic heterocycles. The summed E-state index contributed by atoms with van der Waals surface area (Å²) in [6.45, 7) is 0.524. The van der Waals surface area contributed by atoms with Crippen LogP contribution in [0.2, 0.25) is 0 Å². The molecule has 1 aromatic carbocycles. The molecule has 0 amide bonds. The second-order valence-electron chi connectivity index (χ2n) is 4.12. The number of nitrogens with zero attached hydrogens (tertiary/aromatic N) is 2. The van der Waals surface area contributed by atoms with Crippen molar-refractivity contribution in [2.24, 2.45) is 0 Å². The van der Waals surface area contributed by atoms with E-state index in [0.717, 1.165) is 6.07 Å². The van der Waals surface area contributed by atoms with Crippen LogP contribution in [0.3, 0.4) is 0 Å². The number of hydrogen-bond donors (Lipinski definition) is 2. The first kappa shape index (κ1) is 15.7. The molecule has 0 aliphatic rings. The van der Waals surface area contributed by atoms with Gasteiger partial charge in [-0.3, -0.25) is 4.68 Å². The lowest BCUT2D eigenvalue weighted by Crippen LogP contribution is -2.28. The highest BCUT2D eigenvalue weighted by Crippen LogP contribution is 2.23. The first-order chi connectivity index (χ1) is 9.90. The Balaban J connectivity index is 2.15. The van der Waals surface area contributed by atoms with Gasteiger partial charge in [0, 0.05) is 23.4 Å². The molecule has 9 heteroatoms. The van der Waals surface area contributed by atoms with Crippen molar-refractivity contribution in [3.8, 4) is 0 Å². The lowest BCUT2D eigenvalue weighted by molar-refractivity contribution is 0.0696. The second-order valence-corrected chi connectivity index (χ2v) is 6.71. The highest BCUT2D eigenvalue weighted by atomic mass is 79.9. The van der Waals surface area contributed by atoms with E-state index in [4.69, 9.17) is 5.11 Å². The van der Waals surface area contributed by atoms with Crippen LogP contribution in [0.25, 0.3) is 0 Å². The fourth-order valence-electron chi connectivity index (χ4n) is 1.65. The topological polar surface area (TPSA) is 101 Å². The van der Waals surface area contributed by atoms with E-state index in [1.807, 2.05) is 0 Å². The highest BCUT2D eigenvalue weighted by molar-refractivity contribution is 9.10. The molecule has 0 aliphatic carbocycles. The smallest absolute Gasteiger partial charge is 0.335 e. The van der Waals surface area contributed by atoms with Crippen LogP contribution in [0, 0.1) is 0 Å². The van der Waals surface area contributed by atoms with Crippen LogP contribution >= 0.6 is 15.9 Å². The molecule has 7 nitrogen and oxygen atoms in total. The summed E-state index contributed by atoms with van der Waals surface area (Å²) in [6.07, 6.45) is 3.32. The van der Waals surface area contributed by atoms with Gasteiger partial charge in [0.05, 0.1) is 17.0 Å². The summed E-state index contributed by atoms with van der Waals surface area (Å²) < 4.78 is 28.7. The van der Waals surface area contributed by atoms with Crippen LogP contribution < -0.4 is 4.72 Å². The van der Waals surface area contributed by atoms with E-state index in [2.05, 4.69) is 25.8 Å². The van der Waals surface area contributed by atoms with Gasteiger partial charge < -0.3 is 5.11 Å². The quantitative estimate of drug-likeness (QED) is 0.794. The van der Waals surface area contributed by atoms with E-state index in [9.17, 15) is 13.2 Å². The van der Waals surface area contributed by atoms with Gasteiger partial charge in [-0.2, -0.15) is 5.10 Å². The molecule has 0 saturated heterocycles. The van der Waals surface area contributed by atoms with Crippen molar-refractivity contribution in [3.63, 3.8) is 0 Å². The van der Waals surface area contributed by atoms with Crippen LogP contribution in [-0.2, 0) is 16.6 Å². The third kappa shape index (κ3) is 3.90. The normalized spacial score (nSPS) is 11.5. The Morgan fingerprint density at radius 1 is 1.43 bits per heavy atom. The Hall–Kier alpha value is -1.71. The van der Waals surface area contributed by atoms with Gasteiger partial charge in [0.1, 0.15) is 0 Å². The minimum absolute atomic E-state index is 0.0920. The third-order valence-electron chi connectivity index (χ3n) is 2.66. The second kappa shape index (κ2) is 6.37. The van der Waals surface area contributed by atoms with Crippen molar-refractivity contribution in [3.05, 3.63) is 46.7 Å². The number of halogens is 1. The van der Waals surface area contributed by atoms with Crippen LogP contribution in [0.15, 0.2) is 46.0 Å². The summed E-state index contributed by atoms with van der Waals surface area (Å²) in [5.74, 6) is -1.18. The number of aromatic nitrogens is 2. The molecule has 2 aromatic rings. The van der Waals surface area contributed by atoms with Crippen molar-refractivity contribution in [2.45, 2.75) is 11.4 Å². The van der Waals surface area contributed by atoms with Gasteiger partial charge in [-0.1, -0.05) is 0 Å². The SMILES string of the molecule is O=C(O)c1ccc(Br)c(S(=O)(=O)NCCn2cccn2)c1. The zero-order chi connectivity index (χ0) is 15.5. The predicted molar refractivity (Wildman–Crippen MR) is 78.5 cm³/mol. The molecule has 21 heavy (non-hydrogen) atoms. The Morgan fingerprint density at radius 3 is 2.81 bits per heavy atom. The summed E-state index contributed by atoms with van der Waals surface area (Å²) >= 11 is 3.12. The van der Waals surface area contributed by atoms with Gasteiger partial charge in [0.2, 0.25) is 10.0 Å². The lowest BCUT2D eigenvalue weighted by Gasteiger charge is -2.09. The van der Waals surface area contributed by atoms with E-state index in [-0.39, 0.29) is 17.0 Å². The van der Waals surface area contributed by atoms with Gasteiger partial charge in [0.25, 0.3) is 0 Å². The number of carbonyl (C=O) groups is 1. The maximum absolute atomic E-state index is 12.2. The van der Waals surface area contributed by atoms with E-state index in [0.29, 0.717) is 11.0 Å². The van der Waals surface area contributed by atoms with Crippen LogP contribution in [0.1, 0.15) is 10.4 Å². The number of rotatable bonds is 6. The molecular weight excluding hydrogens is 362 g/mol. The molecule has 0 atom stereocenters. The molecule has 0 fully saturated rings. The number of aromatic carboxylic acids is 1. The molecule has 1 aromatic heterocycles. The van der Waals surface area contributed by atoms with Gasteiger partial charge in [-0.15, -0.1) is 0 Å². The first-order valence-electron chi connectivity index (χ1n) is 5.90. The zero-order valence-corrected chi connectivity index (χ0v) is 13.1. The first-order valence-corrected chi connectivity index (χ1v) is 8.18. The van der Waals surface area contributed by atoms with Crippen molar-refractivity contribution in [1.82, 2.24) is 14.5 Å². The number of hydrogen-bond acceptors (Lipinski definition) is 4. The summed E-state index contributed by atoms with van der Waals surface area (Å²) in [6, 6.07) is 5.57. The molecule has 0 radical (unpaired) electrons. The largest absolute Gasteiger partial charge is 0.478 e. The van der Waals surface area contributed by atoms with Crippen molar-refractivity contribution >= 4 is 31.9 Å². The Morgan fingerprint density at radius 2 is 2.19 bits per heavy atom. The zero-order valence-electron chi connectivity index (χ0n) is 10.7. The maximum Gasteiger partial charge on any atom is 0.335 e. The average Bonchev–Trinajstić information content (AvgIpc) is 2.91. The minimum Gasteiger partial charge on any atom is -0.478 e. The molecule has 0 bridgehead atoms. The lowest BCUT2D eigenvalue weighted by atomic mass is 10.2.